The van der Waals surface area contributed by atoms with Gasteiger partial charge in [-0.05, 0) is 69.4 Å². The molecule has 6 nitrogen and oxygen atoms in total. The van der Waals surface area contributed by atoms with E-state index in [4.69, 9.17) is 0 Å². The van der Waals surface area contributed by atoms with Crippen LogP contribution >= 0.6 is 0 Å². The summed E-state index contributed by atoms with van der Waals surface area (Å²) in [6, 6.07) is 10.6. The number of nitrogens with one attached hydrogen (secondary N) is 1. The molecule has 1 aromatic heterocycles. The van der Waals surface area contributed by atoms with Gasteiger partial charge in [0.25, 0.3) is 5.91 Å². The standard InChI is InChI=1S/C22H25N3O3/c1-13-7-10-18-19(11-13)22(28)24(21(18)27)17-6-4-5-16(12-17)20(26)23-25-14(2)8-9-15(25)3/h4-6,8-9,12-13,18-19H,7,10-11H2,1-3H3,(H,23,26)/t13-,18-,19+/m1/s1. The van der Waals surface area contributed by atoms with Gasteiger partial charge in [-0.3, -0.25) is 29.4 Å². The Morgan fingerprint density at radius 2 is 1.68 bits per heavy atom. The zero-order valence-corrected chi connectivity index (χ0v) is 16.4. The number of amides is 3. The van der Waals surface area contributed by atoms with Gasteiger partial charge in [-0.25, -0.2) is 0 Å². The van der Waals surface area contributed by atoms with Crippen molar-refractivity contribution in [3.8, 4) is 0 Å². The van der Waals surface area contributed by atoms with E-state index in [1.165, 1.54) is 4.90 Å². The van der Waals surface area contributed by atoms with Crippen LogP contribution in [0.4, 0.5) is 5.69 Å². The van der Waals surface area contributed by atoms with Crippen molar-refractivity contribution in [2.24, 2.45) is 17.8 Å². The molecule has 1 aromatic carbocycles. The Morgan fingerprint density at radius 1 is 1.00 bits per heavy atom. The third-order valence-electron chi connectivity index (χ3n) is 6.04. The van der Waals surface area contributed by atoms with Crippen LogP contribution in [0.15, 0.2) is 36.4 Å². The van der Waals surface area contributed by atoms with Crippen LogP contribution in [-0.4, -0.2) is 22.4 Å². The molecule has 28 heavy (non-hydrogen) atoms. The summed E-state index contributed by atoms with van der Waals surface area (Å²) in [7, 11) is 0. The predicted molar refractivity (Wildman–Crippen MR) is 107 cm³/mol. The molecule has 1 N–H and O–H groups in total. The summed E-state index contributed by atoms with van der Waals surface area (Å²) in [5.74, 6) is -0.518. The lowest BCUT2D eigenvalue weighted by Gasteiger charge is -2.25. The van der Waals surface area contributed by atoms with Crippen molar-refractivity contribution in [2.45, 2.75) is 40.0 Å². The maximum Gasteiger partial charge on any atom is 0.270 e. The predicted octanol–water partition coefficient (Wildman–Crippen LogP) is 3.41. The fourth-order valence-corrected chi connectivity index (χ4v) is 4.44. The van der Waals surface area contributed by atoms with Gasteiger partial charge in [0.2, 0.25) is 11.8 Å². The van der Waals surface area contributed by atoms with Gasteiger partial charge in [0.05, 0.1) is 17.5 Å². The number of anilines is 1. The number of carbonyl (C=O) groups is 3. The van der Waals surface area contributed by atoms with Crippen LogP contribution in [-0.2, 0) is 9.59 Å². The SMILES string of the molecule is Cc1ccc(C)n1NC(=O)c1cccc(N2C(=O)[C@H]3C[C@H](C)CC[C@H]3C2=O)c1. The van der Waals surface area contributed by atoms with Crippen molar-refractivity contribution in [3.05, 3.63) is 53.3 Å². The summed E-state index contributed by atoms with van der Waals surface area (Å²) >= 11 is 0. The maximum atomic E-state index is 12.9. The molecule has 4 rings (SSSR count). The average Bonchev–Trinajstić information content (AvgIpc) is 3.12. The van der Waals surface area contributed by atoms with E-state index in [1.54, 1.807) is 28.9 Å². The molecule has 2 aliphatic rings. The van der Waals surface area contributed by atoms with Gasteiger partial charge in [-0.15, -0.1) is 0 Å². The summed E-state index contributed by atoms with van der Waals surface area (Å²) in [6.07, 6.45) is 2.50. The van der Waals surface area contributed by atoms with E-state index >= 15 is 0 Å². The third kappa shape index (κ3) is 3.03. The second kappa shape index (κ2) is 6.93. The van der Waals surface area contributed by atoms with Gasteiger partial charge in [0.15, 0.2) is 0 Å². The fraction of sp³-hybridized carbons (Fsp3) is 0.409. The number of rotatable bonds is 3. The molecule has 6 heteroatoms. The van der Waals surface area contributed by atoms with E-state index in [0.717, 1.165) is 30.7 Å². The van der Waals surface area contributed by atoms with E-state index < -0.39 is 0 Å². The number of nitrogens with zero attached hydrogens (tertiary/aromatic N) is 2. The van der Waals surface area contributed by atoms with Crippen molar-refractivity contribution >= 4 is 23.4 Å². The molecule has 146 valence electrons. The van der Waals surface area contributed by atoms with E-state index in [1.807, 2.05) is 26.0 Å². The van der Waals surface area contributed by atoms with Crippen LogP contribution in [0, 0.1) is 31.6 Å². The molecule has 0 radical (unpaired) electrons. The van der Waals surface area contributed by atoms with Gasteiger partial charge >= 0.3 is 0 Å². The monoisotopic (exact) mass is 379 g/mol. The first-order chi connectivity index (χ1) is 13.4. The highest BCUT2D eigenvalue weighted by molar-refractivity contribution is 6.22. The number of hydrogen-bond acceptors (Lipinski definition) is 3. The Morgan fingerprint density at radius 3 is 2.39 bits per heavy atom. The lowest BCUT2D eigenvalue weighted by Crippen LogP contribution is -2.31. The van der Waals surface area contributed by atoms with Gasteiger partial charge in [-0.2, -0.15) is 0 Å². The van der Waals surface area contributed by atoms with E-state index in [2.05, 4.69) is 12.3 Å². The van der Waals surface area contributed by atoms with E-state index in [-0.39, 0.29) is 29.6 Å². The lowest BCUT2D eigenvalue weighted by molar-refractivity contribution is -0.122. The van der Waals surface area contributed by atoms with Gasteiger partial charge in [0.1, 0.15) is 0 Å². The van der Waals surface area contributed by atoms with E-state index in [9.17, 15) is 14.4 Å². The highest BCUT2D eigenvalue weighted by atomic mass is 16.2. The second-order valence-electron chi connectivity index (χ2n) is 8.09. The molecule has 0 unspecified atom stereocenters. The molecule has 0 bridgehead atoms. The Kier molecular flexibility index (Phi) is 4.57. The molecule has 1 saturated heterocycles. The van der Waals surface area contributed by atoms with E-state index in [0.29, 0.717) is 17.2 Å². The minimum atomic E-state index is -0.283. The van der Waals surface area contributed by atoms with Crippen molar-refractivity contribution in [3.63, 3.8) is 0 Å². The molecule has 2 heterocycles. The average molecular weight is 379 g/mol. The molecular formula is C22H25N3O3. The number of carbonyl (C=O) groups excluding carboxylic acids is 3. The number of aromatic nitrogens is 1. The van der Waals surface area contributed by atoms with Crippen molar-refractivity contribution in [1.82, 2.24) is 4.68 Å². The van der Waals surface area contributed by atoms with Crippen LogP contribution < -0.4 is 10.3 Å². The zero-order valence-electron chi connectivity index (χ0n) is 16.4. The van der Waals surface area contributed by atoms with Gasteiger partial charge in [0, 0.05) is 17.0 Å². The summed E-state index contributed by atoms with van der Waals surface area (Å²) in [4.78, 5) is 39.8. The molecule has 1 aliphatic carbocycles. The maximum absolute atomic E-state index is 12.9. The normalized spacial score (nSPS) is 24.4. The Hall–Kier alpha value is -2.89. The quantitative estimate of drug-likeness (QED) is 0.831. The number of imide groups is 1. The minimum absolute atomic E-state index is 0.128. The van der Waals surface area contributed by atoms with Crippen LogP contribution in [0.1, 0.15) is 47.9 Å². The topological polar surface area (TPSA) is 71.4 Å². The highest BCUT2D eigenvalue weighted by Gasteiger charge is 2.50. The fourth-order valence-electron chi connectivity index (χ4n) is 4.44. The Bertz CT molecular complexity index is 942. The third-order valence-corrected chi connectivity index (χ3v) is 6.04. The van der Waals surface area contributed by atoms with Crippen LogP contribution in [0.5, 0.6) is 0 Å². The van der Waals surface area contributed by atoms with Crippen molar-refractivity contribution < 1.29 is 14.4 Å². The first kappa shape index (κ1) is 18.5. The van der Waals surface area contributed by atoms with Crippen LogP contribution in [0.2, 0.25) is 0 Å². The summed E-state index contributed by atoms with van der Waals surface area (Å²) in [5.41, 5.74) is 5.59. The minimum Gasteiger partial charge on any atom is -0.274 e. The first-order valence-corrected chi connectivity index (χ1v) is 9.81. The number of aryl methyl sites for hydroxylation is 2. The number of benzene rings is 1. The van der Waals surface area contributed by atoms with Gasteiger partial charge < -0.3 is 0 Å². The largest absolute Gasteiger partial charge is 0.274 e. The van der Waals surface area contributed by atoms with Crippen LogP contribution in [0.3, 0.4) is 0 Å². The highest BCUT2D eigenvalue weighted by Crippen LogP contribution is 2.42. The summed E-state index contributed by atoms with van der Waals surface area (Å²) in [5, 5.41) is 0. The number of fused-ring (bicyclic) bond motifs is 1. The summed E-state index contributed by atoms with van der Waals surface area (Å²) < 4.78 is 1.72. The molecular weight excluding hydrogens is 354 g/mol. The molecule has 3 amide bonds. The van der Waals surface area contributed by atoms with Crippen molar-refractivity contribution in [1.29, 1.82) is 0 Å². The summed E-state index contributed by atoms with van der Waals surface area (Å²) in [6.45, 7) is 5.95. The van der Waals surface area contributed by atoms with Gasteiger partial charge in [-0.1, -0.05) is 13.0 Å². The molecule has 2 aromatic rings. The smallest absolute Gasteiger partial charge is 0.270 e. The van der Waals surface area contributed by atoms with Crippen LogP contribution in [0.25, 0.3) is 0 Å². The Labute approximate surface area is 164 Å². The first-order valence-electron chi connectivity index (χ1n) is 9.81. The molecule has 1 saturated carbocycles. The molecule has 2 fully saturated rings. The zero-order chi connectivity index (χ0) is 20.0. The lowest BCUT2D eigenvalue weighted by atomic mass is 9.76. The molecule has 3 atom stereocenters. The Balaban J connectivity index is 1.59. The molecule has 1 aliphatic heterocycles. The molecule has 0 spiro atoms. The second-order valence-corrected chi connectivity index (χ2v) is 8.09. The van der Waals surface area contributed by atoms with Crippen molar-refractivity contribution in [2.75, 3.05) is 10.3 Å². The number of hydrogen-bond donors (Lipinski definition) is 1.